The largest absolute Gasteiger partial charge is 0.309 e. The lowest BCUT2D eigenvalue weighted by Gasteiger charge is -2.17. The van der Waals surface area contributed by atoms with E-state index in [0.717, 1.165) is 17.6 Å². The fourth-order valence-electron chi connectivity index (χ4n) is 2.49. The predicted molar refractivity (Wildman–Crippen MR) is 81.9 cm³/mol. The van der Waals surface area contributed by atoms with Crippen molar-refractivity contribution in [3.05, 3.63) is 52.7 Å². The predicted octanol–water partition coefficient (Wildman–Crippen LogP) is 2.96. The lowest BCUT2D eigenvalue weighted by Crippen LogP contribution is -2.18. The molecule has 2 heterocycles. The number of hydrogen-bond acceptors (Lipinski definition) is 5. The van der Waals surface area contributed by atoms with Gasteiger partial charge >= 0.3 is 0 Å². The maximum atomic E-state index is 4.43. The molecule has 3 rings (SSSR count). The molecule has 0 spiro atoms. The lowest BCUT2D eigenvalue weighted by atomic mass is 9.99. The van der Waals surface area contributed by atoms with E-state index in [1.807, 2.05) is 25.4 Å². The summed E-state index contributed by atoms with van der Waals surface area (Å²) in [6, 6.07) is 10.4. The Morgan fingerprint density at radius 3 is 2.95 bits per heavy atom. The van der Waals surface area contributed by atoms with Gasteiger partial charge in [-0.15, -0.1) is 5.10 Å². The maximum absolute atomic E-state index is 4.43. The van der Waals surface area contributed by atoms with Gasteiger partial charge in [0.2, 0.25) is 0 Å². The second-order valence-electron chi connectivity index (χ2n) is 4.58. The van der Waals surface area contributed by atoms with E-state index < -0.39 is 0 Å². The molecule has 0 aliphatic rings. The van der Waals surface area contributed by atoms with Crippen molar-refractivity contribution in [1.29, 1.82) is 0 Å². The third-order valence-corrected chi connectivity index (χ3v) is 4.29. The van der Waals surface area contributed by atoms with Crippen LogP contribution in [-0.2, 0) is 6.42 Å². The van der Waals surface area contributed by atoms with Gasteiger partial charge in [-0.3, -0.25) is 4.98 Å². The molecule has 1 N–H and O–H groups in total. The van der Waals surface area contributed by atoms with Gasteiger partial charge in [0.15, 0.2) is 0 Å². The molecule has 102 valence electrons. The van der Waals surface area contributed by atoms with Crippen LogP contribution in [0.15, 0.2) is 36.5 Å². The number of rotatable bonds is 4. The van der Waals surface area contributed by atoms with Gasteiger partial charge in [-0.25, -0.2) is 0 Å². The Morgan fingerprint density at radius 1 is 1.25 bits per heavy atom. The molecule has 0 saturated carbocycles. The summed E-state index contributed by atoms with van der Waals surface area (Å²) >= 11 is 1.47. The number of hydrogen-bond donors (Lipinski definition) is 1. The molecule has 20 heavy (non-hydrogen) atoms. The number of pyridine rings is 1. The van der Waals surface area contributed by atoms with Gasteiger partial charge in [0, 0.05) is 11.6 Å². The van der Waals surface area contributed by atoms with Crippen LogP contribution in [0.5, 0.6) is 0 Å². The van der Waals surface area contributed by atoms with Crippen molar-refractivity contribution >= 4 is 22.4 Å². The van der Waals surface area contributed by atoms with Crippen LogP contribution < -0.4 is 5.32 Å². The van der Waals surface area contributed by atoms with Crippen molar-refractivity contribution in [3.63, 3.8) is 0 Å². The highest BCUT2D eigenvalue weighted by Crippen LogP contribution is 2.31. The molecule has 0 aliphatic heterocycles. The van der Waals surface area contributed by atoms with Crippen molar-refractivity contribution < 1.29 is 0 Å². The summed E-state index contributed by atoms with van der Waals surface area (Å²) in [7, 11) is 1.97. The third-order valence-electron chi connectivity index (χ3n) is 3.46. The zero-order valence-electron chi connectivity index (χ0n) is 11.5. The molecule has 1 unspecified atom stereocenters. The minimum absolute atomic E-state index is 0.109. The molecule has 1 atom stereocenters. The molecule has 4 nitrogen and oxygen atoms in total. The van der Waals surface area contributed by atoms with Gasteiger partial charge in [-0.1, -0.05) is 29.6 Å². The van der Waals surface area contributed by atoms with Crippen molar-refractivity contribution in [2.24, 2.45) is 0 Å². The van der Waals surface area contributed by atoms with E-state index in [0.29, 0.717) is 0 Å². The average Bonchev–Trinajstić information content (AvgIpc) is 2.97. The van der Waals surface area contributed by atoms with E-state index in [2.05, 4.69) is 45.0 Å². The Bertz CT molecular complexity index is 717. The molecular weight excluding hydrogens is 268 g/mol. The van der Waals surface area contributed by atoms with Crippen molar-refractivity contribution in [2.75, 3.05) is 7.05 Å². The first-order valence-corrected chi connectivity index (χ1v) is 7.44. The van der Waals surface area contributed by atoms with Gasteiger partial charge in [0.05, 0.1) is 22.1 Å². The second kappa shape index (κ2) is 5.64. The average molecular weight is 284 g/mol. The molecule has 0 saturated heterocycles. The molecule has 0 fully saturated rings. The summed E-state index contributed by atoms with van der Waals surface area (Å²) in [4.78, 5) is 5.61. The maximum Gasteiger partial charge on any atom is 0.0804 e. The second-order valence-corrected chi connectivity index (χ2v) is 5.36. The van der Waals surface area contributed by atoms with E-state index in [-0.39, 0.29) is 6.04 Å². The summed E-state index contributed by atoms with van der Waals surface area (Å²) in [6.45, 7) is 2.11. The third kappa shape index (κ3) is 2.19. The monoisotopic (exact) mass is 284 g/mol. The van der Waals surface area contributed by atoms with Crippen LogP contribution in [0.1, 0.15) is 29.1 Å². The Kier molecular flexibility index (Phi) is 3.71. The molecule has 0 amide bonds. The molecule has 0 radical (unpaired) electrons. The van der Waals surface area contributed by atoms with Gasteiger partial charge in [-0.05, 0) is 42.7 Å². The number of benzene rings is 1. The minimum Gasteiger partial charge on any atom is -0.309 e. The minimum atomic E-state index is 0.109. The number of fused-ring (bicyclic) bond motifs is 1. The van der Waals surface area contributed by atoms with E-state index in [4.69, 9.17) is 0 Å². The zero-order valence-corrected chi connectivity index (χ0v) is 12.3. The highest BCUT2D eigenvalue weighted by molar-refractivity contribution is 7.05. The number of nitrogens with zero attached hydrogens (tertiary/aromatic N) is 3. The molecule has 3 aromatic rings. The van der Waals surface area contributed by atoms with Gasteiger partial charge in [0.1, 0.15) is 0 Å². The van der Waals surface area contributed by atoms with Gasteiger partial charge < -0.3 is 5.32 Å². The number of nitrogens with one attached hydrogen (secondary N) is 1. The number of aryl methyl sites for hydroxylation is 1. The first-order chi connectivity index (χ1) is 9.85. The lowest BCUT2D eigenvalue weighted by molar-refractivity contribution is 0.698. The molecule has 5 heteroatoms. The van der Waals surface area contributed by atoms with Gasteiger partial charge in [-0.2, -0.15) is 0 Å². The van der Waals surface area contributed by atoms with E-state index in [1.54, 1.807) is 0 Å². The fourth-order valence-corrected chi connectivity index (χ4v) is 3.35. The summed E-state index contributed by atoms with van der Waals surface area (Å²) in [5.41, 5.74) is 3.30. The van der Waals surface area contributed by atoms with Crippen LogP contribution in [0.2, 0.25) is 0 Å². The molecule has 1 aromatic carbocycles. The Labute approximate surface area is 122 Å². The summed E-state index contributed by atoms with van der Waals surface area (Å²) in [5.74, 6) is 0. The summed E-state index contributed by atoms with van der Waals surface area (Å²) in [5, 5.41) is 8.78. The molecular formula is C15H16N4S. The van der Waals surface area contributed by atoms with Gasteiger partial charge in [0.25, 0.3) is 0 Å². The molecule has 2 aromatic heterocycles. The Hall–Kier alpha value is -1.85. The van der Waals surface area contributed by atoms with Crippen LogP contribution in [0, 0.1) is 0 Å². The van der Waals surface area contributed by atoms with E-state index in [9.17, 15) is 0 Å². The van der Waals surface area contributed by atoms with Crippen LogP contribution in [0.3, 0.4) is 0 Å². The van der Waals surface area contributed by atoms with Crippen LogP contribution in [0.25, 0.3) is 10.9 Å². The van der Waals surface area contributed by atoms with E-state index >= 15 is 0 Å². The smallest absolute Gasteiger partial charge is 0.0804 e. The highest BCUT2D eigenvalue weighted by Gasteiger charge is 2.20. The van der Waals surface area contributed by atoms with E-state index in [1.165, 1.54) is 27.4 Å². The van der Waals surface area contributed by atoms with Crippen LogP contribution in [-0.4, -0.2) is 21.6 Å². The first kappa shape index (κ1) is 13.1. The first-order valence-electron chi connectivity index (χ1n) is 6.67. The molecule has 0 bridgehead atoms. The fraction of sp³-hybridized carbons (Fsp3) is 0.267. The standard InChI is InChI=1S/C15H16N4S/c1-3-12-15(20-19-18-12)14(16-2)11-6-4-8-13-10(11)7-5-9-17-13/h4-9,14,16H,3H2,1-2H3. The summed E-state index contributed by atoms with van der Waals surface area (Å²) in [6.07, 6.45) is 2.72. The zero-order chi connectivity index (χ0) is 13.9. The Morgan fingerprint density at radius 2 is 2.15 bits per heavy atom. The number of aromatic nitrogens is 3. The Balaban J connectivity index is 2.17. The summed E-state index contributed by atoms with van der Waals surface area (Å²) < 4.78 is 4.10. The van der Waals surface area contributed by atoms with Crippen LogP contribution in [0.4, 0.5) is 0 Å². The quantitative estimate of drug-likeness (QED) is 0.800. The van der Waals surface area contributed by atoms with Crippen molar-refractivity contribution in [3.8, 4) is 0 Å². The normalized spacial score (nSPS) is 12.7. The SMILES string of the molecule is CCc1nnsc1C(NC)c1cccc2ncccc12. The topological polar surface area (TPSA) is 50.7 Å². The highest BCUT2D eigenvalue weighted by atomic mass is 32.1. The van der Waals surface area contributed by atoms with Crippen molar-refractivity contribution in [2.45, 2.75) is 19.4 Å². The molecule has 0 aliphatic carbocycles. The van der Waals surface area contributed by atoms with Crippen LogP contribution >= 0.6 is 11.5 Å². The van der Waals surface area contributed by atoms with Crippen molar-refractivity contribution in [1.82, 2.24) is 19.9 Å².